The fourth-order valence-corrected chi connectivity index (χ4v) is 2.82. The zero-order valence-electron chi connectivity index (χ0n) is 12.4. The van der Waals surface area contributed by atoms with Crippen molar-refractivity contribution in [2.75, 3.05) is 13.7 Å². The fraction of sp³-hybridized carbons (Fsp3) is 0.857. The van der Waals surface area contributed by atoms with Crippen molar-refractivity contribution < 1.29 is 14.3 Å². The summed E-state index contributed by atoms with van der Waals surface area (Å²) in [6, 6.07) is -0.189. The molecule has 5 nitrogen and oxygen atoms in total. The van der Waals surface area contributed by atoms with Gasteiger partial charge in [0.1, 0.15) is 6.04 Å². The Morgan fingerprint density at radius 2 is 2.00 bits per heavy atom. The summed E-state index contributed by atoms with van der Waals surface area (Å²) in [5, 5.41) is 6.01. The van der Waals surface area contributed by atoms with E-state index in [0.717, 1.165) is 12.3 Å². The van der Waals surface area contributed by atoms with Gasteiger partial charge < -0.3 is 15.4 Å². The Morgan fingerprint density at radius 1 is 1.32 bits per heavy atom. The fourth-order valence-electron chi connectivity index (χ4n) is 2.82. The molecule has 2 N–H and O–H groups in total. The molecule has 1 rings (SSSR count). The van der Waals surface area contributed by atoms with E-state index in [4.69, 9.17) is 4.74 Å². The number of hydrogen-bond acceptors (Lipinski definition) is 4. The third-order valence-electron chi connectivity index (χ3n) is 3.88. The lowest BCUT2D eigenvalue weighted by Crippen LogP contribution is -2.51. The van der Waals surface area contributed by atoms with Gasteiger partial charge in [-0.05, 0) is 31.1 Å². The van der Waals surface area contributed by atoms with Crippen LogP contribution in [0.1, 0.15) is 40.0 Å². The van der Waals surface area contributed by atoms with Crippen LogP contribution in [-0.2, 0) is 14.3 Å². The summed E-state index contributed by atoms with van der Waals surface area (Å²) < 4.78 is 4.70. The number of carbonyl (C=O) groups excluding carboxylic acids is 2. The van der Waals surface area contributed by atoms with E-state index < -0.39 is 12.0 Å². The highest BCUT2D eigenvalue weighted by Crippen LogP contribution is 2.28. The molecule has 0 saturated heterocycles. The highest BCUT2D eigenvalue weighted by molar-refractivity contribution is 5.83. The largest absolute Gasteiger partial charge is 0.467 e. The molecule has 0 aliphatic heterocycles. The molecule has 1 saturated carbocycles. The Bertz CT molecular complexity index is 320. The van der Waals surface area contributed by atoms with Crippen LogP contribution < -0.4 is 10.6 Å². The van der Waals surface area contributed by atoms with Gasteiger partial charge in [-0.3, -0.25) is 4.79 Å². The summed E-state index contributed by atoms with van der Waals surface area (Å²) in [5.41, 5.74) is 0. The summed E-state index contributed by atoms with van der Waals surface area (Å²) in [5.74, 6) is 0.751. The second-order valence-corrected chi connectivity index (χ2v) is 5.69. The number of hydrogen-bond donors (Lipinski definition) is 2. The summed E-state index contributed by atoms with van der Waals surface area (Å²) in [6.07, 6.45) is 3.54. The predicted molar refractivity (Wildman–Crippen MR) is 73.6 cm³/mol. The molecule has 0 spiro atoms. The molecule has 19 heavy (non-hydrogen) atoms. The van der Waals surface area contributed by atoms with Crippen molar-refractivity contribution in [1.82, 2.24) is 10.6 Å². The smallest absolute Gasteiger partial charge is 0.329 e. The molecule has 110 valence electrons. The van der Waals surface area contributed by atoms with Crippen LogP contribution in [0.2, 0.25) is 0 Å². The van der Waals surface area contributed by atoms with E-state index in [-0.39, 0.29) is 5.91 Å². The third kappa shape index (κ3) is 5.19. The highest BCUT2D eigenvalue weighted by atomic mass is 16.5. The number of esters is 1. The number of methoxy groups -OCH3 is 1. The molecule has 4 unspecified atom stereocenters. The summed E-state index contributed by atoms with van der Waals surface area (Å²) in [6.45, 7) is 6.34. The molecule has 1 aliphatic carbocycles. The Labute approximate surface area is 115 Å². The van der Waals surface area contributed by atoms with Crippen LogP contribution in [0, 0.1) is 11.8 Å². The standard InChI is InChI=1S/C14H26N2O3/c1-9-5-6-12(10(2)7-9)15-8-13(14(18)19-4)16-11(3)17/h9-10,12-13,15H,5-8H2,1-4H3,(H,16,17). The quantitative estimate of drug-likeness (QED) is 0.734. The van der Waals surface area contributed by atoms with E-state index >= 15 is 0 Å². The molecule has 4 atom stereocenters. The number of nitrogens with one attached hydrogen (secondary N) is 2. The molecule has 0 aromatic rings. The maximum atomic E-state index is 11.6. The molecule has 1 aliphatic rings. The average molecular weight is 270 g/mol. The molecule has 0 radical (unpaired) electrons. The van der Waals surface area contributed by atoms with Gasteiger partial charge in [0.25, 0.3) is 0 Å². The van der Waals surface area contributed by atoms with Crippen LogP contribution in [0.25, 0.3) is 0 Å². The van der Waals surface area contributed by atoms with E-state index in [1.54, 1.807) is 0 Å². The minimum Gasteiger partial charge on any atom is -0.467 e. The van der Waals surface area contributed by atoms with Crippen LogP contribution >= 0.6 is 0 Å². The molecule has 1 amide bonds. The Balaban J connectivity index is 2.46. The Kier molecular flexibility index (Phi) is 6.28. The number of rotatable bonds is 5. The maximum absolute atomic E-state index is 11.6. The van der Waals surface area contributed by atoms with Gasteiger partial charge in [0.2, 0.25) is 5.91 Å². The highest BCUT2D eigenvalue weighted by Gasteiger charge is 2.27. The van der Waals surface area contributed by atoms with Crippen LogP contribution in [-0.4, -0.2) is 37.6 Å². The van der Waals surface area contributed by atoms with Crippen molar-refractivity contribution in [2.24, 2.45) is 11.8 Å². The van der Waals surface area contributed by atoms with Gasteiger partial charge in [-0.15, -0.1) is 0 Å². The molecule has 5 heteroatoms. The molecule has 0 aromatic carbocycles. The summed E-state index contributed by atoms with van der Waals surface area (Å²) >= 11 is 0. The predicted octanol–water partition coefficient (Wildman–Crippen LogP) is 1.08. The first-order chi connectivity index (χ1) is 8.93. The maximum Gasteiger partial charge on any atom is 0.329 e. The van der Waals surface area contributed by atoms with E-state index in [1.807, 2.05) is 0 Å². The van der Waals surface area contributed by atoms with Crippen molar-refractivity contribution in [3.63, 3.8) is 0 Å². The van der Waals surface area contributed by atoms with Crippen molar-refractivity contribution in [3.8, 4) is 0 Å². The van der Waals surface area contributed by atoms with Crippen molar-refractivity contribution in [1.29, 1.82) is 0 Å². The first-order valence-electron chi connectivity index (χ1n) is 7.02. The van der Waals surface area contributed by atoms with Gasteiger partial charge in [0, 0.05) is 19.5 Å². The van der Waals surface area contributed by atoms with Gasteiger partial charge in [-0.25, -0.2) is 4.79 Å². The Morgan fingerprint density at radius 3 is 2.53 bits per heavy atom. The lowest BCUT2D eigenvalue weighted by atomic mass is 9.80. The first-order valence-corrected chi connectivity index (χ1v) is 7.02. The minimum absolute atomic E-state index is 0.220. The van der Waals surface area contributed by atoms with Crippen molar-refractivity contribution >= 4 is 11.9 Å². The Hall–Kier alpha value is -1.10. The molecule has 0 aromatic heterocycles. The van der Waals surface area contributed by atoms with Crippen LogP contribution in [0.3, 0.4) is 0 Å². The van der Waals surface area contributed by atoms with E-state index in [2.05, 4.69) is 24.5 Å². The number of amides is 1. The first kappa shape index (κ1) is 16.0. The van der Waals surface area contributed by atoms with Gasteiger partial charge in [0.15, 0.2) is 0 Å². The number of carbonyl (C=O) groups is 2. The molecule has 1 fully saturated rings. The molecular formula is C14H26N2O3. The lowest BCUT2D eigenvalue weighted by Gasteiger charge is -2.34. The second kappa shape index (κ2) is 7.48. The molecular weight excluding hydrogens is 244 g/mol. The third-order valence-corrected chi connectivity index (χ3v) is 3.88. The van der Waals surface area contributed by atoms with E-state index in [9.17, 15) is 9.59 Å². The summed E-state index contributed by atoms with van der Waals surface area (Å²) in [7, 11) is 1.34. The average Bonchev–Trinajstić information content (AvgIpc) is 2.34. The van der Waals surface area contributed by atoms with Gasteiger partial charge >= 0.3 is 5.97 Å². The zero-order valence-corrected chi connectivity index (χ0v) is 12.4. The second-order valence-electron chi connectivity index (χ2n) is 5.69. The van der Waals surface area contributed by atoms with Gasteiger partial charge in [-0.2, -0.15) is 0 Å². The lowest BCUT2D eigenvalue weighted by molar-refractivity contribution is -0.144. The molecule has 0 heterocycles. The van der Waals surface area contributed by atoms with Crippen molar-refractivity contribution in [3.05, 3.63) is 0 Å². The summed E-state index contributed by atoms with van der Waals surface area (Å²) in [4.78, 5) is 22.7. The van der Waals surface area contributed by atoms with Gasteiger partial charge in [0.05, 0.1) is 7.11 Å². The van der Waals surface area contributed by atoms with Crippen LogP contribution in [0.15, 0.2) is 0 Å². The zero-order chi connectivity index (χ0) is 14.4. The minimum atomic E-state index is -0.603. The van der Waals surface area contributed by atoms with Crippen LogP contribution in [0.4, 0.5) is 0 Å². The monoisotopic (exact) mass is 270 g/mol. The van der Waals surface area contributed by atoms with Crippen LogP contribution in [0.5, 0.6) is 0 Å². The number of ether oxygens (including phenoxy) is 1. The van der Waals surface area contributed by atoms with Crippen molar-refractivity contribution in [2.45, 2.75) is 52.1 Å². The van der Waals surface area contributed by atoms with E-state index in [0.29, 0.717) is 18.5 Å². The normalized spacial score (nSPS) is 28.5. The SMILES string of the molecule is COC(=O)C(CNC1CCC(C)CC1C)NC(C)=O. The topological polar surface area (TPSA) is 67.4 Å². The molecule has 0 bridgehead atoms. The van der Waals surface area contributed by atoms with Gasteiger partial charge in [-0.1, -0.05) is 13.8 Å². The van der Waals surface area contributed by atoms with E-state index in [1.165, 1.54) is 26.9 Å².